The molecule has 0 spiro atoms. The smallest absolute Gasteiger partial charge is 0.223 e. The number of aromatic nitrogens is 1. The van der Waals surface area contributed by atoms with Gasteiger partial charge in [0.25, 0.3) is 0 Å². The maximum atomic E-state index is 11.4. The Morgan fingerprint density at radius 2 is 2.28 bits per heavy atom. The number of hydrogen-bond donors (Lipinski definition) is 3. The molecule has 0 bridgehead atoms. The number of hydrazine groups is 1. The molecular formula is C12H21N5O. The number of hydrogen-bond acceptors (Lipinski definition) is 5. The summed E-state index contributed by atoms with van der Waals surface area (Å²) >= 11 is 0. The summed E-state index contributed by atoms with van der Waals surface area (Å²) in [4.78, 5) is 17.8. The number of anilines is 1. The summed E-state index contributed by atoms with van der Waals surface area (Å²) in [6.07, 6.45) is 0. The summed E-state index contributed by atoms with van der Waals surface area (Å²) in [6, 6.07) is 5.63. The first-order valence-electron chi connectivity index (χ1n) is 5.89. The minimum atomic E-state index is -0.0455. The number of carbonyl (C=O) groups is 1. The molecule has 18 heavy (non-hydrogen) atoms. The van der Waals surface area contributed by atoms with E-state index in [2.05, 4.69) is 20.6 Å². The molecule has 0 fully saturated rings. The number of amides is 1. The van der Waals surface area contributed by atoms with E-state index in [0.717, 1.165) is 5.69 Å². The summed E-state index contributed by atoms with van der Waals surface area (Å²) in [7, 11) is 3.61. The third-order valence-electron chi connectivity index (χ3n) is 2.67. The molecule has 4 N–H and O–H groups in total. The molecule has 0 aliphatic carbocycles. The Labute approximate surface area is 108 Å². The summed E-state index contributed by atoms with van der Waals surface area (Å²) in [5.41, 5.74) is 3.43. The van der Waals surface area contributed by atoms with E-state index in [4.69, 9.17) is 5.84 Å². The van der Waals surface area contributed by atoms with Crippen molar-refractivity contribution in [3.63, 3.8) is 0 Å². The van der Waals surface area contributed by atoms with Crippen LogP contribution in [0.5, 0.6) is 0 Å². The molecule has 1 rings (SSSR count). The Hall–Kier alpha value is -1.66. The van der Waals surface area contributed by atoms with Gasteiger partial charge in [-0.1, -0.05) is 13.0 Å². The van der Waals surface area contributed by atoms with Gasteiger partial charge in [0.15, 0.2) is 0 Å². The molecule has 1 aromatic heterocycles. The molecule has 6 nitrogen and oxygen atoms in total. The van der Waals surface area contributed by atoms with Gasteiger partial charge in [-0.25, -0.2) is 10.8 Å². The van der Waals surface area contributed by atoms with Gasteiger partial charge < -0.3 is 10.7 Å². The number of nitrogens with two attached hydrogens (primary N) is 1. The van der Waals surface area contributed by atoms with Crippen molar-refractivity contribution < 1.29 is 4.79 Å². The van der Waals surface area contributed by atoms with Crippen molar-refractivity contribution in [2.75, 3.05) is 26.1 Å². The van der Waals surface area contributed by atoms with E-state index in [1.807, 2.05) is 26.1 Å². The zero-order valence-corrected chi connectivity index (χ0v) is 11.1. The second kappa shape index (κ2) is 6.93. The number of carbonyl (C=O) groups excluding carboxylic acids is 1. The largest absolute Gasteiger partial charge is 0.359 e. The van der Waals surface area contributed by atoms with E-state index in [9.17, 15) is 4.79 Å². The van der Waals surface area contributed by atoms with E-state index in [1.54, 1.807) is 13.1 Å². The zero-order valence-electron chi connectivity index (χ0n) is 11.1. The molecule has 100 valence electrons. The lowest BCUT2D eigenvalue weighted by Crippen LogP contribution is -2.34. The van der Waals surface area contributed by atoms with Crippen molar-refractivity contribution in [2.45, 2.75) is 13.5 Å². The minimum Gasteiger partial charge on any atom is -0.359 e. The Morgan fingerprint density at radius 1 is 1.56 bits per heavy atom. The topological polar surface area (TPSA) is 83.3 Å². The summed E-state index contributed by atoms with van der Waals surface area (Å²) < 4.78 is 0. The first kappa shape index (κ1) is 14.4. The molecule has 1 unspecified atom stereocenters. The maximum absolute atomic E-state index is 11.4. The van der Waals surface area contributed by atoms with Crippen LogP contribution in [0.4, 0.5) is 5.82 Å². The van der Waals surface area contributed by atoms with E-state index in [1.165, 1.54) is 0 Å². The molecule has 6 heteroatoms. The molecule has 1 atom stereocenters. The average molecular weight is 251 g/mol. The number of nitrogens with zero attached hydrogens (tertiary/aromatic N) is 2. The van der Waals surface area contributed by atoms with Crippen molar-refractivity contribution in [1.29, 1.82) is 0 Å². The van der Waals surface area contributed by atoms with E-state index < -0.39 is 0 Å². The highest BCUT2D eigenvalue weighted by atomic mass is 16.1. The van der Waals surface area contributed by atoms with E-state index >= 15 is 0 Å². The van der Waals surface area contributed by atoms with Crippen molar-refractivity contribution in [1.82, 2.24) is 15.2 Å². The lowest BCUT2D eigenvalue weighted by molar-refractivity contribution is -0.124. The monoisotopic (exact) mass is 251 g/mol. The number of pyridine rings is 1. The quantitative estimate of drug-likeness (QED) is 0.496. The molecular weight excluding hydrogens is 230 g/mol. The van der Waals surface area contributed by atoms with Crippen molar-refractivity contribution >= 4 is 11.7 Å². The maximum Gasteiger partial charge on any atom is 0.223 e. The van der Waals surface area contributed by atoms with Crippen LogP contribution in [0.25, 0.3) is 0 Å². The van der Waals surface area contributed by atoms with E-state index in [0.29, 0.717) is 18.9 Å². The lowest BCUT2D eigenvalue weighted by Gasteiger charge is -2.20. The van der Waals surface area contributed by atoms with Crippen LogP contribution in [0.3, 0.4) is 0 Å². The van der Waals surface area contributed by atoms with Gasteiger partial charge in [-0.2, -0.15) is 0 Å². The van der Waals surface area contributed by atoms with Gasteiger partial charge >= 0.3 is 0 Å². The molecule has 1 aromatic rings. The third kappa shape index (κ3) is 4.31. The fraction of sp³-hybridized carbons (Fsp3) is 0.500. The van der Waals surface area contributed by atoms with Gasteiger partial charge in [0.05, 0.1) is 5.69 Å². The van der Waals surface area contributed by atoms with Crippen molar-refractivity contribution in [3.05, 3.63) is 23.9 Å². The normalized spacial score (nSPS) is 12.3. The minimum absolute atomic E-state index is 0.0455. The Balaban J connectivity index is 2.53. The van der Waals surface area contributed by atoms with Crippen LogP contribution in [0.2, 0.25) is 0 Å². The first-order chi connectivity index (χ1) is 8.56. The van der Waals surface area contributed by atoms with Crippen LogP contribution in [0, 0.1) is 5.92 Å². The molecule has 0 aliphatic heterocycles. The highest BCUT2D eigenvalue weighted by Crippen LogP contribution is 2.07. The van der Waals surface area contributed by atoms with Gasteiger partial charge in [-0.3, -0.25) is 9.69 Å². The van der Waals surface area contributed by atoms with Crippen LogP contribution in [-0.4, -0.2) is 36.4 Å². The first-order valence-corrected chi connectivity index (χ1v) is 5.89. The van der Waals surface area contributed by atoms with Gasteiger partial charge in [-0.15, -0.1) is 0 Å². The Bertz CT molecular complexity index is 396. The summed E-state index contributed by atoms with van der Waals surface area (Å²) in [5.74, 6) is 5.95. The molecule has 0 aromatic carbocycles. The molecule has 1 heterocycles. The summed E-state index contributed by atoms with van der Waals surface area (Å²) in [5, 5.41) is 2.64. The van der Waals surface area contributed by atoms with Crippen LogP contribution >= 0.6 is 0 Å². The highest BCUT2D eigenvalue weighted by molar-refractivity contribution is 5.78. The second-order valence-electron chi connectivity index (χ2n) is 4.37. The van der Waals surface area contributed by atoms with Gasteiger partial charge in [0.2, 0.25) is 5.91 Å². The Morgan fingerprint density at radius 3 is 2.89 bits per heavy atom. The molecule has 0 saturated carbocycles. The predicted octanol–water partition coefficient (Wildman–Crippen LogP) is 0.181. The SMILES string of the molecule is CNC(=O)C(C)CN(C)Cc1cccc(NN)n1. The Kier molecular flexibility index (Phi) is 5.54. The average Bonchev–Trinajstić information content (AvgIpc) is 2.37. The molecule has 1 amide bonds. The predicted molar refractivity (Wildman–Crippen MR) is 71.6 cm³/mol. The highest BCUT2D eigenvalue weighted by Gasteiger charge is 2.13. The van der Waals surface area contributed by atoms with Crippen LogP contribution in [-0.2, 0) is 11.3 Å². The number of nitrogens with one attached hydrogen (secondary N) is 2. The van der Waals surface area contributed by atoms with Gasteiger partial charge in [0, 0.05) is 26.1 Å². The zero-order chi connectivity index (χ0) is 13.5. The second-order valence-corrected chi connectivity index (χ2v) is 4.37. The number of nitrogen functional groups attached to an aromatic ring is 1. The standard InChI is InChI=1S/C12H21N5O/c1-9(12(18)14-2)7-17(3)8-10-5-4-6-11(15-10)16-13/h4-6,9H,7-8,13H2,1-3H3,(H,14,18)(H,15,16). The molecule has 0 radical (unpaired) electrons. The number of rotatable bonds is 6. The van der Waals surface area contributed by atoms with E-state index in [-0.39, 0.29) is 11.8 Å². The van der Waals surface area contributed by atoms with Crippen LogP contribution < -0.4 is 16.6 Å². The van der Waals surface area contributed by atoms with Crippen molar-refractivity contribution in [3.8, 4) is 0 Å². The lowest BCUT2D eigenvalue weighted by atomic mass is 10.1. The molecule has 0 aliphatic rings. The summed E-state index contributed by atoms with van der Waals surface area (Å²) in [6.45, 7) is 3.26. The fourth-order valence-electron chi connectivity index (χ4n) is 1.79. The van der Waals surface area contributed by atoms with Gasteiger partial charge in [0.1, 0.15) is 5.82 Å². The van der Waals surface area contributed by atoms with Gasteiger partial charge in [-0.05, 0) is 19.2 Å². The fourth-order valence-corrected chi connectivity index (χ4v) is 1.79. The van der Waals surface area contributed by atoms with Crippen LogP contribution in [0.15, 0.2) is 18.2 Å². The van der Waals surface area contributed by atoms with Crippen molar-refractivity contribution in [2.24, 2.45) is 11.8 Å². The van der Waals surface area contributed by atoms with Crippen LogP contribution in [0.1, 0.15) is 12.6 Å². The third-order valence-corrected chi connectivity index (χ3v) is 2.67. The molecule has 0 saturated heterocycles.